The molecule has 0 unspecified atom stereocenters. The molecule has 1 spiro atoms. The maximum absolute atomic E-state index is 10.4. The second-order valence-electron chi connectivity index (χ2n) is 5.07. The molecule has 0 amide bonds. The van der Waals surface area contributed by atoms with Crippen molar-refractivity contribution in [2.45, 2.75) is 43.7 Å². The Kier molecular flexibility index (Phi) is 2.47. The van der Waals surface area contributed by atoms with Gasteiger partial charge in [-0.15, -0.1) is 0 Å². The fourth-order valence-corrected chi connectivity index (χ4v) is 2.65. The Labute approximate surface area is 99.2 Å². The first-order chi connectivity index (χ1) is 8.17. The number of piperidine rings is 1. The predicted octanol–water partition coefficient (Wildman–Crippen LogP) is 1.41. The van der Waals surface area contributed by atoms with Crippen molar-refractivity contribution in [2.24, 2.45) is 5.16 Å². The van der Waals surface area contributed by atoms with E-state index in [4.69, 9.17) is 9.94 Å². The summed E-state index contributed by atoms with van der Waals surface area (Å²) < 4.78 is 4.55. The van der Waals surface area contributed by atoms with E-state index in [0.29, 0.717) is 6.42 Å². The van der Waals surface area contributed by atoms with E-state index in [-0.39, 0.29) is 11.5 Å². The molecule has 1 saturated heterocycles. The lowest BCUT2D eigenvalue weighted by atomic mass is 9.88. The van der Waals surface area contributed by atoms with Crippen molar-refractivity contribution in [3.63, 3.8) is 0 Å². The van der Waals surface area contributed by atoms with E-state index in [9.17, 15) is 4.79 Å². The van der Waals surface area contributed by atoms with Crippen LogP contribution in [-0.4, -0.2) is 46.8 Å². The molecule has 17 heavy (non-hydrogen) atoms. The zero-order valence-corrected chi connectivity index (χ0v) is 9.59. The molecule has 1 N–H and O–H groups in total. The molecule has 0 bridgehead atoms. The van der Waals surface area contributed by atoms with Crippen molar-refractivity contribution in [1.29, 1.82) is 0 Å². The molecule has 0 aromatic rings. The Morgan fingerprint density at radius 1 is 1.47 bits per heavy atom. The normalized spacial score (nSPS) is 27.6. The Hall–Kier alpha value is -1.30. The summed E-state index contributed by atoms with van der Waals surface area (Å²) in [6.07, 6.45) is 3.60. The van der Waals surface area contributed by atoms with Crippen molar-refractivity contribution in [3.8, 4) is 0 Å². The second-order valence-corrected chi connectivity index (χ2v) is 5.07. The summed E-state index contributed by atoms with van der Waals surface area (Å²) in [5, 5.41) is 12.3. The quantitative estimate of drug-likeness (QED) is 0.702. The highest BCUT2D eigenvalue weighted by atomic mass is 16.7. The van der Waals surface area contributed by atoms with Crippen molar-refractivity contribution in [2.75, 3.05) is 13.1 Å². The van der Waals surface area contributed by atoms with Gasteiger partial charge in [0.05, 0.1) is 6.42 Å². The van der Waals surface area contributed by atoms with Crippen LogP contribution in [0.25, 0.3) is 0 Å². The van der Waals surface area contributed by atoms with Gasteiger partial charge in [-0.05, 0) is 12.8 Å². The van der Waals surface area contributed by atoms with Gasteiger partial charge in [-0.25, -0.2) is 4.79 Å². The third kappa shape index (κ3) is 2.22. The summed E-state index contributed by atoms with van der Waals surface area (Å²) in [6, 6.07) is 0.782. The van der Waals surface area contributed by atoms with Crippen LogP contribution < -0.4 is 0 Å². The van der Waals surface area contributed by atoms with Crippen LogP contribution in [0.15, 0.2) is 5.16 Å². The van der Waals surface area contributed by atoms with Gasteiger partial charge >= 0.3 is 6.16 Å². The minimum atomic E-state index is -1.32. The number of hydrogen-bond acceptors (Lipinski definition) is 5. The van der Waals surface area contributed by atoms with E-state index in [2.05, 4.69) is 14.8 Å². The van der Waals surface area contributed by atoms with Gasteiger partial charge in [-0.2, -0.15) is 0 Å². The first-order valence-corrected chi connectivity index (χ1v) is 6.07. The fraction of sp³-hybridized carbons (Fsp3) is 0.818. The molecule has 2 heterocycles. The molecule has 6 heteroatoms. The maximum Gasteiger partial charge on any atom is 0.512 e. The number of carbonyl (C=O) groups is 1. The third-order valence-electron chi connectivity index (χ3n) is 3.79. The van der Waals surface area contributed by atoms with E-state index in [1.54, 1.807) is 0 Å². The summed E-state index contributed by atoms with van der Waals surface area (Å²) in [5.41, 5.74) is -0.309. The van der Waals surface area contributed by atoms with E-state index >= 15 is 0 Å². The van der Waals surface area contributed by atoms with Crippen molar-refractivity contribution < 1.29 is 19.5 Å². The Bertz CT molecular complexity index is 356. The first-order valence-electron chi connectivity index (χ1n) is 6.07. The minimum Gasteiger partial charge on any atom is -0.449 e. The standard InChI is InChI=1S/C11H16N2O4/c14-10(15)16-9-7-11(17-12-9)3-5-13(6-4-11)8-1-2-8/h8H,1-7H2,(H,14,15). The number of nitrogens with zero attached hydrogens (tertiary/aromatic N) is 2. The van der Waals surface area contributed by atoms with Crippen LogP contribution >= 0.6 is 0 Å². The number of ether oxygens (including phenoxy) is 1. The molecular weight excluding hydrogens is 224 g/mol. The van der Waals surface area contributed by atoms with Gasteiger partial charge < -0.3 is 19.6 Å². The topological polar surface area (TPSA) is 71.4 Å². The highest BCUT2D eigenvalue weighted by Gasteiger charge is 2.45. The molecule has 0 atom stereocenters. The number of likely N-dealkylation sites (tertiary alicyclic amines) is 1. The molecule has 1 aliphatic carbocycles. The molecule has 3 rings (SSSR count). The fourth-order valence-electron chi connectivity index (χ4n) is 2.65. The molecular formula is C11H16N2O4. The summed E-state index contributed by atoms with van der Waals surface area (Å²) in [4.78, 5) is 18.3. The molecule has 3 aliphatic rings. The summed E-state index contributed by atoms with van der Waals surface area (Å²) in [6.45, 7) is 2.03. The van der Waals surface area contributed by atoms with Gasteiger partial charge in [0.2, 0.25) is 5.90 Å². The Balaban J connectivity index is 1.54. The average Bonchev–Trinajstić information content (AvgIpc) is 3.05. The molecule has 1 saturated carbocycles. The van der Waals surface area contributed by atoms with Crippen LogP contribution in [-0.2, 0) is 9.57 Å². The molecule has 0 aromatic carbocycles. The van der Waals surface area contributed by atoms with Crippen LogP contribution in [0.3, 0.4) is 0 Å². The van der Waals surface area contributed by atoms with Crippen molar-refractivity contribution >= 4 is 12.1 Å². The van der Waals surface area contributed by atoms with Gasteiger partial charge in [0.25, 0.3) is 0 Å². The zero-order valence-electron chi connectivity index (χ0n) is 9.59. The molecule has 2 fully saturated rings. The smallest absolute Gasteiger partial charge is 0.449 e. The molecule has 0 radical (unpaired) electrons. The SMILES string of the molecule is O=C(O)OC1=NOC2(CCN(C3CC3)CC2)C1. The lowest BCUT2D eigenvalue weighted by Crippen LogP contribution is -2.45. The molecule has 94 valence electrons. The van der Waals surface area contributed by atoms with Crippen molar-refractivity contribution in [1.82, 2.24) is 4.90 Å². The van der Waals surface area contributed by atoms with Gasteiger partial charge in [0, 0.05) is 32.0 Å². The highest BCUT2D eigenvalue weighted by molar-refractivity contribution is 5.86. The average molecular weight is 240 g/mol. The maximum atomic E-state index is 10.4. The summed E-state index contributed by atoms with van der Waals surface area (Å²) in [7, 11) is 0. The largest absolute Gasteiger partial charge is 0.512 e. The number of carboxylic acid groups (broad SMARTS) is 1. The van der Waals surface area contributed by atoms with Crippen molar-refractivity contribution in [3.05, 3.63) is 0 Å². The Morgan fingerprint density at radius 2 is 2.18 bits per heavy atom. The minimum absolute atomic E-state index is 0.192. The second kappa shape index (κ2) is 3.87. The first kappa shape index (κ1) is 10.8. The molecule has 0 aromatic heterocycles. The van der Waals surface area contributed by atoms with Crippen LogP contribution in [0, 0.1) is 0 Å². The Morgan fingerprint density at radius 3 is 2.76 bits per heavy atom. The van der Waals surface area contributed by atoms with Gasteiger partial charge in [0.15, 0.2) is 0 Å². The van der Waals surface area contributed by atoms with Gasteiger partial charge in [-0.3, -0.25) is 0 Å². The van der Waals surface area contributed by atoms with Gasteiger partial charge in [0.1, 0.15) is 5.60 Å². The van der Waals surface area contributed by atoms with Gasteiger partial charge in [-0.1, -0.05) is 5.16 Å². The monoisotopic (exact) mass is 240 g/mol. The third-order valence-corrected chi connectivity index (χ3v) is 3.79. The van der Waals surface area contributed by atoms with E-state index in [1.165, 1.54) is 12.8 Å². The molecule has 2 aliphatic heterocycles. The summed E-state index contributed by atoms with van der Waals surface area (Å²) in [5.74, 6) is 0.192. The number of oxime groups is 1. The zero-order chi connectivity index (χ0) is 11.9. The van der Waals surface area contributed by atoms with Crippen LogP contribution in [0.5, 0.6) is 0 Å². The lowest BCUT2D eigenvalue weighted by Gasteiger charge is -2.36. The predicted molar refractivity (Wildman–Crippen MR) is 58.8 cm³/mol. The van der Waals surface area contributed by atoms with Crippen LogP contribution in [0.1, 0.15) is 32.1 Å². The summed E-state index contributed by atoms with van der Waals surface area (Å²) >= 11 is 0. The van der Waals surface area contributed by atoms with Crippen LogP contribution in [0.2, 0.25) is 0 Å². The highest BCUT2D eigenvalue weighted by Crippen LogP contribution is 2.38. The number of hydrogen-bond donors (Lipinski definition) is 1. The lowest BCUT2D eigenvalue weighted by molar-refractivity contribution is -0.0626. The number of rotatable bonds is 1. The van der Waals surface area contributed by atoms with Crippen LogP contribution in [0.4, 0.5) is 4.79 Å². The van der Waals surface area contributed by atoms with E-state index in [1.807, 2.05) is 0 Å². The van der Waals surface area contributed by atoms with E-state index in [0.717, 1.165) is 32.0 Å². The van der Waals surface area contributed by atoms with E-state index < -0.39 is 6.16 Å². The molecule has 6 nitrogen and oxygen atoms in total.